The van der Waals surface area contributed by atoms with Crippen LogP contribution in [0.2, 0.25) is 0 Å². The van der Waals surface area contributed by atoms with E-state index in [2.05, 4.69) is 20.3 Å². The highest BCUT2D eigenvalue weighted by atomic mass is 35.5. The van der Waals surface area contributed by atoms with Gasteiger partial charge in [-0.15, -0.1) is 12.4 Å². The number of phenolic OH excluding ortho intramolecular Hbond substituents is 2. The second-order valence-electron chi connectivity index (χ2n) is 7.83. The molecule has 1 heterocycles. The third-order valence-corrected chi connectivity index (χ3v) is 5.45. The molecule has 0 aliphatic heterocycles. The molecule has 0 saturated heterocycles. The van der Waals surface area contributed by atoms with E-state index in [0.29, 0.717) is 42.4 Å². The molecule has 0 saturated carbocycles. The lowest BCUT2D eigenvalue weighted by Crippen LogP contribution is -2.22. The molecule has 1 aromatic heterocycles. The molecule has 5 N–H and O–H groups in total. The van der Waals surface area contributed by atoms with Crippen LogP contribution in [0.15, 0.2) is 34.1 Å². The Labute approximate surface area is 190 Å². The monoisotopic (exact) mass is 461 g/mol. The van der Waals surface area contributed by atoms with Gasteiger partial charge in [0.15, 0.2) is 5.43 Å². The first-order valence-corrected chi connectivity index (χ1v) is 10.3. The highest BCUT2D eigenvalue weighted by Gasteiger charge is 2.22. The van der Waals surface area contributed by atoms with Crippen LogP contribution in [0.4, 0.5) is 0 Å². The van der Waals surface area contributed by atoms with E-state index in [1.807, 2.05) is 30.9 Å². The second kappa shape index (κ2) is 9.74. The van der Waals surface area contributed by atoms with Gasteiger partial charge < -0.3 is 25.5 Å². The van der Waals surface area contributed by atoms with E-state index in [0.717, 1.165) is 17.4 Å². The number of hydrogen-bond donors (Lipinski definition) is 5. The van der Waals surface area contributed by atoms with Crippen molar-refractivity contribution in [1.29, 1.82) is 0 Å². The highest BCUT2D eigenvalue weighted by molar-refractivity contribution is 6.23. The predicted molar refractivity (Wildman–Crippen MR) is 128 cm³/mol. The summed E-state index contributed by atoms with van der Waals surface area (Å²) < 4.78 is 1.95. The van der Waals surface area contributed by atoms with E-state index >= 15 is 0 Å². The Morgan fingerprint density at radius 1 is 1.06 bits per heavy atom. The number of aromatic amines is 1. The summed E-state index contributed by atoms with van der Waals surface area (Å²) in [5.41, 5.74) is 1.15. The van der Waals surface area contributed by atoms with Crippen LogP contribution in [-0.4, -0.2) is 76.9 Å². The number of benzene rings is 3. The van der Waals surface area contributed by atoms with Crippen LogP contribution in [0.25, 0.3) is 32.6 Å². The molecule has 0 atom stereocenters. The van der Waals surface area contributed by atoms with E-state index < -0.39 is 0 Å². The minimum absolute atomic E-state index is 0. The Morgan fingerprint density at radius 2 is 1.84 bits per heavy atom. The molecule has 4 rings (SSSR count). The molecule has 4 aromatic rings. The van der Waals surface area contributed by atoms with Gasteiger partial charge in [0.25, 0.3) is 0 Å². The van der Waals surface area contributed by atoms with Crippen molar-refractivity contribution >= 4 is 45.0 Å². The molecule has 0 amide bonds. The summed E-state index contributed by atoms with van der Waals surface area (Å²) in [6.07, 6.45) is 0. The van der Waals surface area contributed by atoms with Crippen LogP contribution in [0.1, 0.15) is 0 Å². The lowest BCUT2D eigenvalue weighted by atomic mass is 9.99. The number of phenols is 2. The van der Waals surface area contributed by atoms with Crippen molar-refractivity contribution in [1.82, 2.24) is 20.0 Å². The van der Waals surface area contributed by atoms with Crippen molar-refractivity contribution in [3.63, 3.8) is 0 Å². The molecule has 0 radical (unpaired) electrons. The fraction of sp³-hybridized carbons (Fsp3) is 0.364. The summed E-state index contributed by atoms with van der Waals surface area (Å²) in [4.78, 5) is 19.4. The van der Waals surface area contributed by atoms with E-state index in [1.165, 1.54) is 12.1 Å². The summed E-state index contributed by atoms with van der Waals surface area (Å²) in [7, 11) is 3.97. The number of nitrogens with zero attached hydrogens (tertiary/aromatic N) is 3. The molecular weight excluding hydrogens is 434 g/mol. The second-order valence-corrected chi connectivity index (χ2v) is 7.83. The molecule has 32 heavy (non-hydrogen) atoms. The van der Waals surface area contributed by atoms with Gasteiger partial charge in [0.05, 0.1) is 52.2 Å². The zero-order valence-electron chi connectivity index (χ0n) is 18.1. The number of aromatic hydroxyl groups is 2. The normalized spacial score (nSPS) is 12.4. The number of nitrogens with one attached hydrogen (secondary N) is 2. The number of H-pyrrole nitrogens is 1. The summed E-state index contributed by atoms with van der Waals surface area (Å²) >= 11 is 0. The maximum atomic E-state index is 12.7. The molecule has 0 fully saturated rings. The molecule has 0 aliphatic carbocycles. The maximum absolute atomic E-state index is 12.7. The Balaban J connectivity index is 0.00000289. The molecular formula is C22H28ClN5O4. The quantitative estimate of drug-likeness (QED) is 0.196. The van der Waals surface area contributed by atoms with Crippen molar-refractivity contribution in [3.8, 4) is 11.5 Å². The first-order valence-electron chi connectivity index (χ1n) is 10.3. The van der Waals surface area contributed by atoms with Gasteiger partial charge >= 0.3 is 0 Å². The largest absolute Gasteiger partial charge is 0.507 e. The molecule has 3 aromatic carbocycles. The topological polar surface area (TPSA) is 126 Å². The van der Waals surface area contributed by atoms with Gasteiger partial charge in [-0.2, -0.15) is 0 Å². The van der Waals surface area contributed by atoms with Crippen molar-refractivity contribution in [2.45, 2.75) is 6.54 Å². The van der Waals surface area contributed by atoms with Gasteiger partial charge in [0.2, 0.25) is 0 Å². The van der Waals surface area contributed by atoms with Gasteiger partial charge in [0, 0.05) is 25.0 Å². The minimum atomic E-state index is -0.275. The van der Waals surface area contributed by atoms with E-state index in [4.69, 9.17) is 5.11 Å². The van der Waals surface area contributed by atoms with Crippen LogP contribution >= 0.6 is 12.4 Å². The molecule has 172 valence electrons. The van der Waals surface area contributed by atoms with Gasteiger partial charge in [-0.05, 0) is 38.4 Å². The lowest BCUT2D eigenvalue weighted by Gasteiger charge is -2.11. The Bertz CT molecular complexity index is 1360. The first-order chi connectivity index (χ1) is 14.9. The average molecular weight is 462 g/mol. The minimum Gasteiger partial charge on any atom is -0.507 e. The molecule has 0 bridgehead atoms. The Morgan fingerprint density at radius 3 is 2.56 bits per heavy atom. The molecule has 9 nitrogen and oxygen atoms in total. The van der Waals surface area contributed by atoms with Crippen molar-refractivity contribution in [2.75, 3.05) is 46.9 Å². The Kier molecular flexibility index (Phi) is 7.25. The summed E-state index contributed by atoms with van der Waals surface area (Å²) in [6, 6.07) is 6.39. The van der Waals surface area contributed by atoms with E-state index in [-0.39, 0.29) is 46.7 Å². The summed E-state index contributed by atoms with van der Waals surface area (Å²) in [5, 5.41) is 39.1. The predicted octanol–water partition coefficient (Wildman–Crippen LogP) is 0.951. The van der Waals surface area contributed by atoms with Crippen molar-refractivity contribution in [2.24, 2.45) is 4.99 Å². The zero-order valence-corrected chi connectivity index (χ0v) is 18.9. The maximum Gasteiger partial charge on any atom is 0.189 e. The molecule has 0 spiro atoms. The van der Waals surface area contributed by atoms with Gasteiger partial charge in [0.1, 0.15) is 11.5 Å². The average Bonchev–Trinajstić information content (AvgIpc) is 3.11. The first kappa shape index (κ1) is 23.8. The zero-order chi connectivity index (χ0) is 22.1. The number of likely N-dealkylation sites (N-methyl/N-ethyl adjacent to an activating group) is 1. The summed E-state index contributed by atoms with van der Waals surface area (Å²) in [5.74, 6) is -0.302. The van der Waals surface area contributed by atoms with Crippen LogP contribution in [-0.2, 0) is 6.54 Å². The van der Waals surface area contributed by atoms with Gasteiger partial charge in [-0.3, -0.25) is 19.6 Å². The highest BCUT2D eigenvalue weighted by Crippen LogP contribution is 2.41. The van der Waals surface area contributed by atoms with Crippen LogP contribution in [0, 0.1) is 0 Å². The standard InChI is InChI=1S/C22H27N5O4.ClH/c1-26(2)10-11-27-14-4-3-13(24-8-7-23-9-12-28)17-18(14)21(25-27)19-15(29)5-6-16(30)20(19)22(17)31;/h3-6,23,25,28,30-31H,7-12H2,1-2H3;1H. The fourth-order valence-corrected chi connectivity index (χ4v) is 3.98. The van der Waals surface area contributed by atoms with E-state index in [1.54, 1.807) is 0 Å². The van der Waals surface area contributed by atoms with Crippen LogP contribution in [0.5, 0.6) is 11.5 Å². The number of fused-ring (bicyclic) bond motifs is 2. The van der Waals surface area contributed by atoms with Gasteiger partial charge in [-0.1, -0.05) is 0 Å². The third kappa shape index (κ3) is 4.12. The van der Waals surface area contributed by atoms with E-state index in [9.17, 15) is 15.0 Å². The smallest absolute Gasteiger partial charge is 0.189 e. The Hall–Kier alpha value is -2.85. The van der Waals surface area contributed by atoms with Crippen LogP contribution in [0.3, 0.4) is 0 Å². The number of halogens is 1. The number of aliphatic hydroxyl groups excluding tert-OH is 1. The van der Waals surface area contributed by atoms with Crippen molar-refractivity contribution in [3.05, 3.63) is 39.8 Å². The lowest BCUT2D eigenvalue weighted by molar-refractivity contribution is 0.293. The third-order valence-electron chi connectivity index (χ3n) is 5.45. The van der Waals surface area contributed by atoms with Crippen molar-refractivity contribution < 1.29 is 15.3 Å². The summed E-state index contributed by atoms with van der Waals surface area (Å²) in [6.45, 7) is 3.01. The number of aromatic nitrogens is 2. The number of aliphatic hydroxyl groups is 1. The van der Waals surface area contributed by atoms with Gasteiger partial charge in [-0.25, -0.2) is 0 Å². The fourth-order valence-electron chi connectivity index (χ4n) is 3.98. The number of hydrogen-bond acceptors (Lipinski definition) is 7. The molecule has 0 aliphatic rings. The SMILES string of the molecule is CN(C)CCn1[nH]c2c3c(=O)ccc(O)c3c(O)c3c(=NCCNCCO)ccc1c32.Cl. The number of rotatable bonds is 8. The molecule has 0 unspecified atom stereocenters. The van der Waals surface area contributed by atoms with Crippen LogP contribution < -0.4 is 16.1 Å². The molecule has 10 heteroatoms.